The highest BCUT2D eigenvalue weighted by molar-refractivity contribution is 6.33. The average Bonchev–Trinajstić information content (AvgIpc) is 2.77. The Morgan fingerprint density at radius 2 is 1.77 bits per heavy atom. The van der Waals surface area contributed by atoms with Gasteiger partial charge in [0.1, 0.15) is 24.1 Å². The smallest absolute Gasteiger partial charge is 0.329 e. The van der Waals surface area contributed by atoms with Crippen LogP contribution in [0, 0.1) is 5.92 Å². The van der Waals surface area contributed by atoms with E-state index in [4.69, 9.17) is 21.1 Å². The minimum atomic E-state index is -0.824. The van der Waals surface area contributed by atoms with Crippen LogP contribution in [-0.2, 0) is 16.1 Å². The number of pyridine rings is 1. The Morgan fingerprint density at radius 1 is 1.03 bits per heavy atom. The van der Waals surface area contributed by atoms with E-state index in [1.54, 1.807) is 54.9 Å². The van der Waals surface area contributed by atoms with Gasteiger partial charge < -0.3 is 14.8 Å². The molecule has 1 amide bonds. The van der Waals surface area contributed by atoms with E-state index >= 15 is 0 Å². The van der Waals surface area contributed by atoms with Crippen LogP contribution in [0.15, 0.2) is 73.1 Å². The summed E-state index contributed by atoms with van der Waals surface area (Å²) in [5.74, 6) is -0.00759. The lowest BCUT2D eigenvalue weighted by Gasteiger charge is -2.21. The van der Waals surface area contributed by atoms with E-state index in [2.05, 4.69) is 10.3 Å². The number of hydrogen-bond donors (Lipinski definition) is 1. The van der Waals surface area contributed by atoms with Crippen molar-refractivity contribution in [3.63, 3.8) is 0 Å². The molecule has 0 unspecified atom stereocenters. The summed E-state index contributed by atoms with van der Waals surface area (Å²) in [6, 6.07) is 16.7. The summed E-state index contributed by atoms with van der Waals surface area (Å²) in [5, 5.41) is 3.04. The molecule has 0 bridgehead atoms. The van der Waals surface area contributed by atoms with Crippen molar-refractivity contribution < 1.29 is 19.1 Å². The van der Waals surface area contributed by atoms with E-state index in [1.165, 1.54) is 0 Å². The quantitative estimate of drug-likeness (QED) is 0.499. The molecule has 1 N–H and O–H groups in total. The van der Waals surface area contributed by atoms with E-state index < -0.39 is 17.9 Å². The van der Waals surface area contributed by atoms with Crippen LogP contribution in [-0.4, -0.2) is 22.9 Å². The van der Waals surface area contributed by atoms with Gasteiger partial charge in [-0.3, -0.25) is 9.78 Å². The molecular formula is C24H23ClN2O4. The van der Waals surface area contributed by atoms with E-state index in [9.17, 15) is 9.59 Å². The summed E-state index contributed by atoms with van der Waals surface area (Å²) in [6.07, 6.45) is 3.26. The van der Waals surface area contributed by atoms with Crippen molar-refractivity contribution in [3.05, 3.63) is 89.2 Å². The zero-order chi connectivity index (χ0) is 22.2. The molecule has 1 atom stereocenters. The van der Waals surface area contributed by atoms with Crippen molar-refractivity contribution in [2.24, 2.45) is 5.92 Å². The number of rotatable bonds is 8. The van der Waals surface area contributed by atoms with Crippen molar-refractivity contribution in [1.82, 2.24) is 10.3 Å². The second-order valence-corrected chi connectivity index (χ2v) is 7.59. The number of aromatic nitrogens is 1. The molecule has 3 rings (SSSR count). The molecular weight excluding hydrogens is 416 g/mol. The summed E-state index contributed by atoms with van der Waals surface area (Å²) in [7, 11) is 0. The minimum Gasteiger partial charge on any atom is -0.459 e. The van der Waals surface area contributed by atoms with Gasteiger partial charge >= 0.3 is 5.97 Å². The number of nitrogens with zero attached hydrogens (tertiary/aromatic N) is 1. The molecule has 0 spiro atoms. The fraction of sp³-hybridized carbons (Fsp3) is 0.208. The van der Waals surface area contributed by atoms with E-state index in [-0.39, 0.29) is 12.5 Å². The fourth-order valence-corrected chi connectivity index (χ4v) is 3.08. The molecule has 0 aliphatic rings. The molecule has 7 heteroatoms. The van der Waals surface area contributed by atoms with Gasteiger partial charge in [0.05, 0.1) is 16.8 Å². The van der Waals surface area contributed by atoms with Crippen molar-refractivity contribution in [2.75, 3.05) is 0 Å². The summed E-state index contributed by atoms with van der Waals surface area (Å²) in [5.41, 5.74) is 0.998. The van der Waals surface area contributed by atoms with E-state index in [0.29, 0.717) is 27.6 Å². The van der Waals surface area contributed by atoms with Crippen LogP contribution in [0.1, 0.15) is 29.8 Å². The summed E-state index contributed by atoms with van der Waals surface area (Å²) < 4.78 is 11.4. The minimum absolute atomic E-state index is 0.000449. The Bertz CT molecular complexity index is 1040. The SMILES string of the molecule is CC(C)[C@H](NC(=O)c1ccccc1Cl)C(=O)OCc1ccccc1Oc1cccnc1. The Morgan fingerprint density at radius 3 is 2.48 bits per heavy atom. The third-order valence-corrected chi connectivity index (χ3v) is 4.86. The largest absolute Gasteiger partial charge is 0.459 e. The van der Waals surface area contributed by atoms with Crippen molar-refractivity contribution in [3.8, 4) is 11.5 Å². The van der Waals surface area contributed by atoms with Gasteiger partial charge in [-0.1, -0.05) is 55.8 Å². The second-order valence-electron chi connectivity index (χ2n) is 7.18. The Kier molecular flexibility index (Phi) is 7.62. The number of benzene rings is 2. The first-order chi connectivity index (χ1) is 15.0. The third kappa shape index (κ3) is 6.06. The molecule has 0 saturated carbocycles. The van der Waals surface area contributed by atoms with Gasteiger partial charge in [-0.25, -0.2) is 4.79 Å². The summed E-state index contributed by atoms with van der Waals surface area (Å²) >= 11 is 6.09. The highest BCUT2D eigenvalue weighted by atomic mass is 35.5. The molecule has 0 aliphatic carbocycles. The average molecular weight is 439 g/mol. The third-order valence-electron chi connectivity index (χ3n) is 4.53. The number of amides is 1. The maximum absolute atomic E-state index is 12.8. The molecule has 31 heavy (non-hydrogen) atoms. The van der Waals surface area contributed by atoms with Crippen molar-refractivity contribution in [2.45, 2.75) is 26.5 Å². The number of hydrogen-bond acceptors (Lipinski definition) is 5. The lowest BCUT2D eigenvalue weighted by molar-refractivity contribution is -0.148. The highest BCUT2D eigenvalue weighted by Crippen LogP contribution is 2.25. The van der Waals surface area contributed by atoms with Crippen LogP contribution in [0.4, 0.5) is 0 Å². The number of carbonyl (C=O) groups excluding carboxylic acids is 2. The molecule has 160 valence electrons. The molecule has 6 nitrogen and oxygen atoms in total. The summed E-state index contributed by atoms with van der Waals surface area (Å²) in [6.45, 7) is 3.66. The van der Waals surface area contributed by atoms with Crippen molar-refractivity contribution >= 4 is 23.5 Å². The number of para-hydroxylation sites is 1. The van der Waals surface area contributed by atoms with Gasteiger partial charge in [0.15, 0.2) is 0 Å². The van der Waals surface area contributed by atoms with Gasteiger partial charge in [0.25, 0.3) is 5.91 Å². The normalized spacial score (nSPS) is 11.6. The molecule has 1 aromatic heterocycles. The summed E-state index contributed by atoms with van der Waals surface area (Å²) in [4.78, 5) is 29.4. The lowest BCUT2D eigenvalue weighted by Crippen LogP contribution is -2.45. The standard InChI is InChI=1S/C24H23ClN2O4/c1-16(2)22(27-23(28)19-10-4-5-11-20(19)25)24(29)30-15-17-8-3-6-12-21(17)31-18-9-7-13-26-14-18/h3-14,16,22H,15H2,1-2H3,(H,27,28)/t22-/m0/s1. The van der Waals surface area contributed by atoms with Gasteiger partial charge in [0.2, 0.25) is 0 Å². The van der Waals surface area contributed by atoms with Gasteiger partial charge in [-0.2, -0.15) is 0 Å². The number of carbonyl (C=O) groups is 2. The Labute approximate surface area is 186 Å². The molecule has 0 saturated heterocycles. The molecule has 2 aromatic carbocycles. The van der Waals surface area contributed by atoms with Crippen LogP contribution in [0.3, 0.4) is 0 Å². The predicted octanol–water partition coefficient (Wildman–Crippen LogP) is 5.03. The van der Waals surface area contributed by atoms with Crippen LogP contribution >= 0.6 is 11.6 Å². The van der Waals surface area contributed by atoms with Gasteiger partial charge in [-0.15, -0.1) is 0 Å². The molecule has 0 fully saturated rings. The van der Waals surface area contributed by atoms with Crippen LogP contribution in [0.5, 0.6) is 11.5 Å². The molecule has 1 heterocycles. The first-order valence-corrected chi connectivity index (χ1v) is 10.2. The van der Waals surface area contributed by atoms with Gasteiger partial charge in [-0.05, 0) is 36.2 Å². The number of nitrogens with one attached hydrogen (secondary N) is 1. The first-order valence-electron chi connectivity index (χ1n) is 9.83. The Balaban J connectivity index is 1.67. The molecule has 0 radical (unpaired) electrons. The number of ether oxygens (including phenoxy) is 2. The monoisotopic (exact) mass is 438 g/mol. The zero-order valence-corrected chi connectivity index (χ0v) is 18.0. The fourth-order valence-electron chi connectivity index (χ4n) is 2.86. The topological polar surface area (TPSA) is 77.5 Å². The first kappa shape index (κ1) is 22.3. The van der Waals surface area contributed by atoms with Crippen LogP contribution in [0.2, 0.25) is 5.02 Å². The Hall–Kier alpha value is -3.38. The maximum atomic E-state index is 12.8. The molecule has 0 aliphatic heterocycles. The lowest BCUT2D eigenvalue weighted by atomic mass is 10.0. The van der Waals surface area contributed by atoms with Crippen LogP contribution in [0.25, 0.3) is 0 Å². The van der Waals surface area contributed by atoms with Gasteiger partial charge in [0, 0.05) is 11.8 Å². The number of esters is 1. The molecule has 3 aromatic rings. The zero-order valence-electron chi connectivity index (χ0n) is 17.2. The second kappa shape index (κ2) is 10.6. The number of halogens is 1. The van der Waals surface area contributed by atoms with Crippen LogP contribution < -0.4 is 10.1 Å². The predicted molar refractivity (Wildman–Crippen MR) is 118 cm³/mol. The maximum Gasteiger partial charge on any atom is 0.329 e. The highest BCUT2D eigenvalue weighted by Gasteiger charge is 2.27. The van der Waals surface area contributed by atoms with E-state index in [1.807, 2.05) is 32.0 Å². The van der Waals surface area contributed by atoms with E-state index in [0.717, 1.165) is 0 Å². The van der Waals surface area contributed by atoms with Crippen molar-refractivity contribution in [1.29, 1.82) is 0 Å².